The number of carboxylic acid groups (broad SMARTS) is 1. The third-order valence-corrected chi connectivity index (χ3v) is 4.88. The van der Waals surface area contributed by atoms with Crippen molar-refractivity contribution in [3.63, 3.8) is 0 Å². The van der Waals surface area contributed by atoms with Crippen molar-refractivity contribution in [2.24, 2.45) is 7.05 Å². The monoisotopic (exact) mass is 330 g/mol. The minimum atomic E-state index is -0.877. The van der Waals surface area contributed by atoms with Crippen LogP contribution in [0.25, 0.3) is 10.9 Å². The number of hydrogen-bond donors (Lipinski definition) is 1. The molecule has 0 saturated carbocycles. The molecule has 0 aliphatic carbocycles. The van der Waals surface area contributed by atoms with E-state index in [4.69, 9.17) is 4.74 Å². The Kier molecular flexibility index (Phi) is 4.92. The summed E-state index contributed by atoms with van der Waals surface area (Å²) in [6.07, 6.45) is 0.979. The smallest absolute Gasteiger partial charge is 0.352 e. The van der Waals surface area contributed by atoms with Crippen molar-refractivity contribution in [3.8, 4) is 0 Å². The molecule has 0 amide bonds. The van der Waals surface area contributed by atoms with E-state index < -0.39 is 5.97 Å². The van der Waals surface area contributed by atoms with Gasteiger partial charge in [-0.2, -0.15) is 0 Å². The maximum atomic E-state index is 11.5. The zero-order chi connectivity index (χ0) is 17.3. The number of rotatable bonds is 5. The SMILES string of the molecule is CC(C)c1cc(CCN2CCOCC2)cc2cc(C(=O)O)n(C)c12. The summed E-state index contributed by atoms with van der Waals surface area (Å²) in [4.78, 5) is 13.9. The second kappa shape index (κ2) is 6.95. The topological polar surface area (TPSA) is 54.7 Å². The lowest BCUT2D eigenvalue weighted by molar-refractivity contribution is 0.0384. The average Bonchev–Trinajstić information content (AvgIpc) is 2.90. The molecule has 2 aromatic rings. The molecule has 1 fully saturated rings. The van der Waals surface area contributed by atoms with Gasteiger partial charge in [-0.25, -0.2) is 4.79 Å². The van der Waals surface area contributed by atoms with Crippen molar-refractivity contribution < 1.29 is 14.6 Å². The van der Waals surface area contributed by atoms with Gasteiger partial charge in [0.1, 0.15) is 5.69 Å². The largest absolute Gasteiger partial charge is 0.477 e. The van der Waals surface area contributed by atoms with E-state index in [2.05, 4.69) is 30.9 Å². The number of fused-ring (bicyclic) bond motifs is 1. The van der Waals surface area contributed by atoms with Crippen LogP contribution in [0.5, 0.6) is 0 Å². The summed E-state index contributed by atoms with van der Waals surface area (Å²) < 4.78 is 7.20. The molecule has 2 heterocycles. The Hall–Kier alpha value is -1.85. The summed E-state index contributed by atoms with van der Waals surface area (Å²) in [6, 6.07) is 6.19. The first-order valence-corrected chi connectivity index (χ1v) is 8.63. The van der Waals surface area contributed by atoms with Gasteiger partial charge in [-0.3, -0.25) is 4.90 Å². The highest BCUT2D eigenvalue weighted by atomic mass is 16.5. The van der Waals surface area contributed by atoms with E-state index in [1.807, 2.05) is 7.05 Å². The van der Waals surface area contributed by atoms with E-state index in [0.29, 0.717) is 11.6 Å². The number of benzene rings is 1. The van der Waals surface area contributed by atoms with E-state index in [9.17, 15) is 9.90 Å². The molecule has 0 unspecified atom stereocenters. The standard InChI is InChI=1S/C19H26N2O3/c1-13(2)16-11-14(4-5-21-6-8-24-9-7-21)10-15-12-17(19(22)23)20(3)18(15)16/h10-13H,4-9H2,1-3H3,(H,22,23). The van der Waals surface area contributed by atoms with E-state index in [0.717, 1.165) is 50.2 Å². The van der Waals surface area contributed by atoms with Crippen LogP contribution in [0, 0.1) is 0 Å². The number of carboxylic acids is 1. The van der Waals surface area contributed by atoms with E-state index in [1.165, 1.54) is 11.1 Å². The lowest BCUT2D eigenvalue weighted by Gasteiger charge is -2.26. The third kappa shape index (κ3) is 3.32. The fraction of sp³-hybridized carbons (Fsp3) is 0.526. The normalized spacial score (nSPS) is 16.2. The van der Waals surface area contributed by atoms with Crippen molar-refractivity contribution >= 4 is 16.9 Å². The molecule has 0 spiro atoms. The molecule has 5 heteroatoms. The molecule has 130 valence electrons. The van der Waals surface area contributed by atoms with Crippen LogP contribution in [-0.2, 0) is 18.2 Å². The minimum Gasteiger partial charge on any atom is -0.477 e. The molecule has 3 rings (SSSR count). The van der Waals surface area contributed by atoms with Crippen LogP contribution in [0.15, 0.2) is 18.2 Å². The second-order valence-corrected chi connectivity index (χ2v) is 6.88. The van der Waals surface area contributed by atoms with Crippen LogP contribution in [0.3, 0.4) is 0 Å². The number of carbonyl (C=O) groups is 1. The summed E-state index contributed by atoms with van der Waals surface area (Å²) in [7, 11) is 1.84. The van der Waals surface area contributed by atoms with Crippen molar-refractivity contribution in [1.82, 2.24) is 9.47 Å². The first kappa shape index (κ1) is 17.0. The molecule has 5 nitrogen and oxygen atoms in total. The molecule has 1 aliphatic rings. The molecule has 1 aromatic carbocycles. The average molecular weight is 330 g/mol. The van der Waals surface area contributed by atoms with E-state index >= 15 is 0 Å². The van der Waals surface area contributed by atoms with Crippen LogP contribution in [0.1, 0.15) is 41.4 Å². The fourth-order valence-corrected chi connectivity index (χ4v) is 3.51. The highest BCUT2D eigenvalue weighted by Crippen LogP contribution is 2.30. The number of morpholine rings is 1. The Balaban J connectivity index is 1.92. The molecule has 0 radical (unpaired) electrons. The second-order valence-electron chi connectivity index (χ2n) is 6.88. The molecular weight excluding hydrogens is 304 g/mol. The Labute approximate surface area is 142 Å². The zero-order valence-electron chi connectivity index (χ0n) is 14.7. The van der Waals surface area contributed by atoms with Crippen LogP contribution in [-0.4, -0.2) is 53.4 Å². The number of nitrogens with zero attached hydrogens (tertiary/aromatic N) is 2. The van der Waals surface area contributed by atoms with Crippen LogP contribution in [0.2, 0.25) is 0 Å². The first-order valence-electron chi connectivity index (χ1n) is 8.63. The van der Waals surface area contributed by atoms with Gasteiger partial charge in [0.15, 0.2) is 0 Å². The Morgan fingerprint density at radius 3 is 2.58 bits per heavy atom. The summed E-state index contributed by atoms with van der Waals surface area (Å²) in [5.41, 5.74) is 3.88. The molecular formula is C19H26N2O3. The van der Waals surface area contributed by atoms with Gasteiger partial charge in [-0.15, -0.1) is 0 Å². The predicted molar refractivity (Wildman–Crippen MR) is 94.9 cm³/mol. The molecule has 1 saturated heterocycles. The Bertz CT molecular complexity index is 743. The van der Waals surface area contributed by atoms with Crippen LogP contribution < -0.4 is 0 Å². The molecule has 1 N–H and O–H groups in total. The van der Waals surface area contributed by atoms with Gasteiger partial charge in [-0.1, -0.05) is 19.9 Å². The summed E-state index contributed by atoms with van der Waals surface area (Å²) in [5.74, 6) is -0.524. The molecule has 24 heavy (non-hydrogen) atoms. The predicted octanol–water partition coefficient (Wildman–Crippen LogP) is 2.87. The van der Waals surface area contributed by atoms with Crippen LogP contribution in [0.4, 0.5) is 0 Å². The number of aryl methyl sites for hydroxylation is 1. The maximum absolute atomic E-state index is 11.5. The van der Waals surface area contributed by atoms with Gasteiger partial charge in [0.05, 0.1) is 18.7 Å². The van der Waals surface area contributed by atoms with Crippen molar-refractivity contribution in [1.29, 1.82) is 0 Å². The lowest BCUT2D eigenvalue weighted by Crippen LogP contribution is -2.37. The van der Waals surface area contributed by atoms with Gasteiger partial charge >= 0.3 is 5.97 Å². The molecule has 1 aromatic heterocycles. The Morgan fingerprint density at radius 2 is 1.96 bits per heavy atom. The number of ether oxygens (including phenoxy) is 1. The number of aromatic nitrogens is 1. The van der Waals surface area contributed by atoms with Crippen molar-refractivity contribution in [2.75, 3.05) is 32.8 Å². The Morgan fingerprint density at radius 1 is 1.25 bits per heavy atom. The summed E-state index contributed by atoms with van der Waals surface area (Å²) >= 11 is 0. The van der Waals surface area contributed by atoms with Crippen molar-refractivity contribution in [2.45, 2.75) is 26.2 Å². The lowest BCUT2D eigenvalue weighted by atomic mass is 9.96. The third-order valence-electron chi connectivity index (χ3n) is 4.88. The highest BCUT2D eigenvalue weighted by molar-refractivity contribution is 5.96. The van der Waals surface area contributed by atoms with E-state index in [-0.39, 0.29) is 0 Å². The van der Waals surface area contributed by atoms with Crippen molar-refractivity contribution in [3.05, 3.63) is 35.0 Å². The fourth-order valence-electron chi connectivity index (χ4n) is 3.51. The molecule has 1 aliphatic heterocycles. The minimum absolute atomic E-state index is 0.345. The van der Waals surface area contributed by atoms with Gasteiger partial charge in [0.25, 0.3) is 0 Å². The summed E-state index contributed by atoms with van der Waals surface area (Å²) in [6.45, 7) is 8.96. The summed E-state index contributed by atoms with van der Waals surface area (Å²) in [5, 5.41) is 10.4. The van der Waals surface area contributed by atoms with Gasteiger partial charge in [0, 0.05) is 32.1 Å². The number of hydrogen-bond acceptors (Lipinski definition) is 3. The van der Waals surface area contributed by atoms with E-state index in [1.54, 1.807) is 10.6 Å². The number of aromatic carboxylic acids is 1. The first-order chi connectivity index (χ1) is 11.5. The van der Waals surface area contributed by atoms with Gasteiger partial charge in [0.2, 0.25) is 0 Å². The molecule has 0 bridgehead atoms. The van der Waals surface area contributed by atoms with Gasteiger partial charge in [-0.05, 0) is 35.6 Å². The zero-order valence-corrected chi connectivity index (χ0v) is 14.7. The molecule has 0 atom stereocenters. The van der Waals surface area contributed by atoms with Gasteiger partial charge < -0.3 is 14.4 Å². The quantitative estimate of drug-likeness (QED) is 0.916. The maximum Gasteiger partial charge on any atom is 0.352 e. The highest BCUT2D eigenvalue weighted by Gasteiger charge is 2.18. The van der Waals surface area contributed by atoms with Crippen LogP contribution >= 0.6 is 0 Å².